The van der Waals surface area contributed by atoms with Gasteiger partial charge in [-0.2, -0.15) is 5.10 Å². The molecule has 1 unspecified atom stereocenters. The Balaban J connectivity index is 1.45. The molecular weight excluding hydrogens is 351 g/mol. The Bertz CT molecular complexity index is 1060. The minimum Gasteiger partial charge on any atom is -0.349 e. The van der Waals surface area contributed by atoms with Crippen LogP contribution in [0.5, 0.6) is 0 Å². The Kier molecular flexibility index (Phi) is 3.37. The summed E-state index contributed by atoms with van der Waals surface area (Å²) in [5, 5.41) is 8.34. The Morgan fingerprint density at radius 1 is 1.07 bits per heavy atom. The SMILES string of the molecule is Fc1ccc(N2C=C3CC4(CCCC4)CN3C2c2ccc3[nH]ncc3c2)cc1. The predicted octanol–water partition coefficient (Wildman–Crippen LogP) is 5.33. The van der Waals surface area contributed by atoms with Crippen LogP contribution in [0.3, 0.4) is 0 Å². The normalized spacial score (nSPS) is 23.0. The van der Waals surface area contributed by atoms with Crippen LogP contribution in [-0.2, 0) is 0 Å². The summed E-state index contributed by atoms with van der Waals surface area (Å²) in [7, 11) is 0. The van der Waals surface area contributed by atoms with Gasteiger partial charge in [0.1, 0.15) is 12.0 Å². The van der Waals surface area contributed by atoms with Crippen molar-refractivity contribution < 1.29 is 4.39 Å². The minimum absolute atomic E-state index is 0.111. The lowest BCUT2D eigenvalue weighted by Gasteiger charge is -2.35. The first-order valence-corrected chi connectivity index (χ1v) is 10.2. The van der Waals surface area contributed by atoms with Crippen LogP contribution in [0.4, 0.5) is 10.1 Å². The number of aromatic amines is 1. The maximum Gasteiger partial charge on any atom is 0.132 e. The monoisotopic (exact) mass is 374 g/mol. The number of H-pyrrole nitrogens is 1. The molecule has 6 rings (SSSR count). The average Bonchev–Trinajstić information content (AvgIpc) is 3.46. The second-order valence-corrected chi connectivity index (χ2v) is 8.61. The molecule has 1 N–H and O–H groups in total. The lowest BCUT2D eigenvalue weighted by atomic mass is 9.85. The third-order valence-corrected chi connectivity index (χ3v) is 6.83. The molecule has 3 heterocycles. The van der Waals surface area contributed by atoms with E-state index in [0.29, 0.717) is 5.41 Å². The van der Waals surface area contributed by atoms with Gasteiger partial charge in [0.2, 0.25) is 0 Å². The molecule has 2 fully saturated rings. The van der Waals surface area contributed by atoms with E-state index < -0.39 is 0 Å². The number of benzene rings is 2. The van der Waals surface area contributed by atoms with E-state index in [2.05, 4.69) is 44.4 Å². The van der Waals surface area contributed by atoms with Crippen molar-refractivity contribution in [3.05, 3.63) is 71.9 Å². The summed E-state index contributed by atoms with van der Waals surface area (Å²) >= 11 is 0. The van der Waals surface area contributed by atoms with Crippen molar-refractivity contribution in [2.45, 2.75) is 38.3 Å². The quantitative estimate of drug-likeness (QED) is 0.659. The van der Waals surface area contributed by atoms with Gasteiger partial charge >= 0.3 is 0 Å². The fourth-order valence-corrected chi connectivity index (χ4v) is 5.50. The number of hydrogen-bond donors (Lipinski definition) is 1. The summed E-state index contributed by atoms with van der Waals surface area (Å²) in [5.41, 5.74) is 5.21. The minimum atomic E-state index is -0.197. The lowest BCUT2D eigenvalue weighted by Crippen LogP contribution is -2.34. The molecule has 1 spiro atoms. The topological polar surface area (TPSA) is 35.2 Å². The second-order valence-electron chi connectivity index (χ2n) is 8.61. The van der Waals surface area contributed by atoms with Gasteiger partial charge < -0.3 is 9.80 Å². The van der Waals surface area contributed by atoms with E-state index in [9.17, 15) is 4.39 Å². The predicted molar refractivity (Wildman–Crippen MR) is 108 cm³/mol. The van der Waals surface area contributed by atoms with Crippen molar-refractivity contribution >= 4 is 16.6 Å². The van der Waals surface area contributed by atoms with Crippen molar-refractivity contribution in [3.8, 4) is 0 Å². The number of halogens is 1. The number of allylic oxidation sites excluding steroid dienone is 1. The van der Waals surface area contributed by atoms with Gasteiger partial charge in [0.25, 0.3) is 0 Å². The number of hydrogen-bond acceptors (Lipinski definition) is 3. The summed E-state index contributed by atoms with van der Waals surface area (Å²) < 4.78 is 13.5. The van der Waals surface area contributed by atoms with Gasteiger partial charge in [-0.1, -0.05) is 18.9 Å². The molecule has 1 saturated heterocycles. The van der Waals surface area contributed by atoms with Gasteiger partial charge in [-0.3, -0.25) is 5.10 Å². The van der Waals surface area contributed by atoms with E-state index in [1.807, 2.05) is 18.3 Å². The number of rotatable bonds is 2. The first kappa shape index (κ1) is 16.2. The summed E-state index contributed by atoms with van der Waals surface area (Å²) in [4.78, 5) is 4.88. The third-order valence-electron chi connectivity index (χ3n) is 6.83. The van der Waals surface area contributed by atoms with Crippen LogP contribution in [0.25, 0.3) is 10.9 Å². The second kappa shape index (κ2) is 5.84. The van der Waals surface area contributed by atoms with E-state index in [1.54, 1.807) is 12.1 Å². The van der Waals surface area contributed by atoms with Crippen LogP contribution >= 0.6 is 0 Å². The smallest absolute Gasteiger partial charge is 0.132 e. The van der Waals surface area contributed by atoms with Gasteiger partial charge in [-0.15, -0.1) is 0 Å². The molecule has 3 aliphatic rings. The van der Waals surface area contributed by atoms with E-state index in [0.717, 1.165) is 29.6 Å². The van der Waals surface area contributed by atoms with Crippen LogP contribution in [0.15, 0.2) is 60.6 Å². The lowest BCUT2D eigenvalue weighted by molar-refractivity contribution is 0.233. The average molecular weight is 374 g/mol. The van der Waals surface area contributed by atoms with Gasteiger partial charge in [-0.25, -0.2) is 4.39 Å². The molecule has 0 radical (unpaired) electrons. The number of nitrogens with one attached hydrogen (secondary N) is 1. The number of anilines is 1. The Labute approximate surface area is 163 Å². The summed E-state index contributed by atoms with van der Waals surface area (Å²) in [6, 6.07) is 13.4. The van der Waals surface area contributed by atoms with Crippen LogP contribution in [0.1, 0.15) is 43.8 Å². The number of aromatic nitrogens is 2. The molecule has 3 aromatic rings. The first-order valence-electron chi connectivity index (χ1n) is 10.2. The number of fused-ring (bicyclic) bond motifs is 2. The first-order chi connectivity index (χ1) is 13.7. The summed E-state index contributed by atoms with van der Waals surface area (Å²) in [6.45, 7) is 1.12. The van der Waals surface area contributed by atoms with Gasteiger partial charge in [0, 0.05) is 29.5 Å². The van der Waals surface area contributed by atoms with E-state index in [-0.39, 0.29) is 12.0 Å². The highest BCUT2D eigenvalue weighted by Gasteiger charge is 2.48. The zero-order chi connectivity index (χ0) is 18.7. The van der Waals surface area contributed by atoms with E-state index in [1.165, 1.54) is 36.9 Å². The van der Waals surface area contributed by atoms with E-state index >= 15 is 0 Å². The molecule has 1 aliphatic carbocycles. The van der Waals surface area contributed by atoms with Crippen molar-refractivity contribution in [2.24, 2.45) is 5.41 Å². The Morgan fingerprint density at radius 2 is 1.89 bits per heavy atom. The number of nitrogens with zero attached hydrogens (tertiary/aromatic N) is 3. The molecular formula is C23H23FN4. The summed E-state index contributed by atoms with van der Waals surface area (Å²) in [5.74, 6) is -0.197. The van der Waals surface area contributed by atoms with Crippen LogP contribution in [-0.4, -0.2) is 21.6 Å². The van der Waals surface area contributed by atoms with Gasteiger partial charge in [-0.05, 0) is 66.6 Å². The molecule has 1 atom stereocenters. The standard InChI is InChI=1S/C23H23FN4/c24-18-4-6-19(7-5-18)27-14-20-12-23(9-1-2-10-23)15-28(20)22(27)16-3-8-21-17(11-16)13-25-26-21/h3-8,11,13-14,22H,1-2,9-10,12,15H2,(H,25,26). The molecule has 5 heteroatoms. The molecule has 0 amide bonds. The highest BCUT2D eigenvalue weighted by Crippen LogP contribution is 2.54. The van der Waals surface area contributed by atoms with Crippen LogP contribution in [0, 0.1) is 11.2 Å². The third kappa shape index (κ3) is 2.38. The Hall–Kier alpha value is -2.82. The fourth-order valence-electron chi connectivity index (χ4n) is 5.50. The van der Waals surface area contributed by atoms with Crippen molar-refractivity contribution in [2.75, 3.05) is 11.4 Å². The van der Waals surface area contributed by atoms with Crippen LogP contribution in [0.2, 0.25) is 0 Å². The van der Waals surface area contributed by atoms with E-state index in [4.69, 9.17) is 0 Å². The molecule has 142 valence electrons. The molecule has 2 aliphatic heterocycles. The highest BCUT2D eigenvalue weighted by molar-refractivity contribution is 5.79. The molecule has 2 aromatic carbocycles. The van der Waals surface area contributed by atoms with Crippen molar-refractivity contribution in [1.82, 2.24) is 15.1 Å². The van der Waals surface area contributed by atoms with Crippen molar-refractivity contribution in [3.63, 3.8) is 0 Å². The fraction of sp³-hybridized carbons (Fsp3) is 0.348. The maximum absolute atomic E-state index is 13.5. The highest BCUT2D eigenvalue weighted by atomic mass is 19.1. The molecule has 0 bridgehead atoms. The maximum atomic E-state index is 13.5. The van der Waals surface area contributed by atoms with Gasteiger partial charge in [0.05, 0.1) is 11.7 Å². The van der Waals surface area contributed by atoms with Crippen LogP contribution < -0.4 is 4.90 Å². The molecule has 1 aromatic heterocycles. The molecule has 4 nitrogen and oxygen atoms in total. The van der Waals surface area contributed by atoms with Gasteiger partial charge in [0.15, 0.2) is 0 Å². The van der Waals surface area contributed by atoms with Crippen molar-refractivity contribution in [1.29, 1.82) is 0 Å². The molecule has 1 saturated carbocycles. The zero-order valence-electron chi connectivity index (χ0n) is 15.7. The summed E-state index contributed by atoms with van der Waals surface area (Å²) in [6.07, 6.45) is 10.8. The Morgan fingerprint density at radius 3 is 2.71 bits per heavy atom. The molecule has 28 heavy (non-hydrogen) atoms. The largest absolute Gasteiger partial charge is 0.349 e. The zero-order valence-corrected chi connectivity index (χ0v) is 15.7.